The first-order valence-corrected chi connectivity index (χ1v) is 11.1. The van der Waals surface area contributed by atoms with Crippen LogP contribution in [-0.4, -0.2) is 53.7 Å². The lowest BCUT2D eigenvalue weighted by Crippen LogP contribution is -2.35. The third kappa shape index (κ3) is 3.87. The molecule has 7 heteroatoms. The van der Waals surface area contributed by atoms with Crippen molar-refractivity contribution < 1.29 is 14.3 Å². The maximum atomic E-state index is 10.7. The first-order valence-electron chi connectivity index (χ1n) is 10.2. The number of aromatic nitrogens is 2. The highest BCUT2D eigenvalue weighted by Crippen LogP contribution is 2.47. The molecule has 0 spiro atoms. The Morgan fingerprint density at radius 1 is 1.25 bits per heavy atom. The highest BCUT2D eigenvalue weighted by atomic mass is 32.1. The Hall–Kier alpha value is -1.73. The third-order valence-electron chi connectivity index (χ3n) is 6.25. The monoisotopic (exact) mass is 403 g/mol. The zero-order valence-corrected chi connectivity index (χ0v) is 17.7. The third-order valence-corrected chi connectivity index (χ3v) is 7.43. The largest absolute Gasteiger partial charge is 0.474 e. The number of carbonyl (C=O) groups excluding carboxylic acids is 1. The maximum Gasteiger partial charge on any atom is 0.293 e. The number of nitrogens with zero attached hydrogens (tertiary/aromatic N) is 3. The van der Waals surface area contributed by atoms with Gasteiger partial charge in [0.15, 0.2) is 0 Å². The van der Waals surface area contributed by atoms with E-state index in [-0.39, 0.29) is 12.2 Å². The van der Waals surface area contributed by atoms with Crippen molar-refractivity contribution in [3.05, 3.63) is 16.8 Å². The van der Waals surface area contributed by atoms with E-state index in [2.05, 4.69) is 29.0 Å². The number of aryl methyl sites for hydroxylation is 1. The van der Waals surface area contributed by atoms with Gasteiger partial charge in [0.1, 0.15) is 17.3 Å². The molecule has 152 valence electrons. The van der Waals surface area contributed by atoms with Gasteiger partial charge in [0.25, 0.3) is 6.47 Å². The molecule has 0 bridgehead atoms. The summed E-state index contributed by atoms with van der Waals surface area (Å²) >= 11 is 1.76. The topological polar surface area (TPSA) is 64.6 Å². The molecule has 0 aromatic carbocycles. The van der Waals surface area contributed by atoms with Gasteiger partial charge in [-0.2, -0.15) is 0 Å². The average Bonchev–Trinajstić information content (AvgIpc) is 3.22. The van der Waals surface area contributed by atoms with Crippen molar-refractivity contribution in [1.29, 1.82) is 0 Å². The Morgan fingerprint density at radius 2 is 2.04 bits per heavy atom. The molecule has 0 unspecified atom stereocenters. The van der Waals surface area contributed by atoms with Crippen molar-refractivity contribution in [2.24, 2.45) is 0 Å². The van der Waals surface area contributed by atoms with Crippen LogP contribution in [0.4, 0.5) is 0 Å². The number of carbonyl (C=O) groups is 1. The lowest BCUT2D eigenvalue weighted by molar-refractivity contribution is -0.133. The maximum absolute atomic E-state index is 10.7. The normalized spacial score (nSPS) is 25.6. The predicted molar refractivity (Wildman–Crippen MR) is 110 cm³/mol. The molecule has 2 aromatic heterocycles. The molecule has 1 fully saturated rings. The minimum absolute atomic E-state index is 0.0845. The fourth-order valence-electron chi connectivity index (χ4n) is 4.75. The molecule has 0 N–H and O–H groups in total. The molecule has 28 heavy (non-hydrogen) atoms. The summed E-state index contributed by atoms with van der Waals surface area (Å²) in [5.41, 5.74) is 1.33. The molecule has 0 aliphatic heterocycles. The van der Waals surface area contributed by atoms with E-state index in [1.54, 1.807) is 17.7 Å². The Morgan fingerprint density at radius 3 is 2.75 bits per heavy atom. The van der Waals surface area contributed by atoms with Gasteiger partial charge in [0.05, 0.1) is 11.5 Å². The van der Waals surface area contributed by atoms with Gasteiger partial charge in [-0.15, -0.1) is 11.3 Å². The molecule has 0 saturated heterocycles. The van der Waals surface area contributed by atoms with Crippen LogP contribution in [-0.2, 0) is 16.0 Å². The summed E-state index contributed by atoms with van der Waals surface area (Å²) in [6.07, 6.45) is 9.20. The van der Waals surface area contributed by atoms with Gasteiger partial charge >= 0.3 is 0 Å². The Labute approximate surface area is 170 Å². The van der Waals surface area contributed by atoms with E-state index in [1.165, 1.54) is 10.4 Å². The van der Waals surface area contributed by atoms with Crippen LogP contribution in [0.25, 0.3) is 10.2 Å². The Balaban J connectivity index is 1.56. The number of hydrogen-bond acceptors (Lipinski definition) is 7. The first kappa shape index (κ1) is 19.6. The second-order valence-electron chi connectivity index (χ2n) is 8.32. The molecular formula is C21H29N3O3S. The molecular weight excluding hydrogens is 374 g/mol. The molecule has 6 nitrogen and oxygen atoms in total. The van der Waals surface area contributed by atoms with Crippen molar-refractivity contribution in [3.8, 4) is 5.88 Å². The first-order chi connectivity index (χ1) is 13.6. The second-order valence-corrected chi connectivity index (χ2v) is 9.41. The van der Waals surface area contributed by atoms with Gasteiger partial charge in [-0.3, -0.25) is 4.79 Å². The van der Waals surface area contributed by atoms with Crippen LogP contribution in [0.2, 0.25) is 0 Å². The van der Waals surface area contributed by atoms with Gasteiger partial charge in [0.2, 0.25) is 5.88 Å². The number of thiophene rings is 1. The van der Waals surface area contributed by atoms with Gasteiger partial charge in [0, 0.05) is 10.9 Å². The summed E-state index contributed by atoms with van der Waals surface area (Å²) in [6, 6.07) is 0.652. The number of fused-ring (bicyclic) bond motifs is 3. The van der Waals surface area contributed by atoms with E-state index in [1.807, 2.05) is 6.92 Å². The van der Waals surface area contributed by atoms with Crippen LogP contribution in [0, 0.1) is 0 Å². The standard InChI is InChI=1S/C21H29N3O3S/c1-13(26-12-25)10-14-4-9-17-18(14)19-20(22-11-23-21(19)28-17)27-16-7-5-15(6-8-16)24(2)3/h11-16H,4-10H2,1-3H3/t13-,14-,15?,16?/m1/s1. The molecule has 2 aliphatic carbocycles. The van der Waals surface area contributed by atoms with E-state index in [0.29, 0.717) is 18.4 Å². The summed E-state index contributed by atoms with van der Waals surface area (Å²) in [7, 11) is 4.31. The van der Waals surface area contributed by atoms with E-state index >= 15 is 0 Å². The predicted octanol–water partition coefficient (Wildman–Crippen LogP) is 3.92. The molecule has 2 heterocycles. The van der Waals surface area contributed by atoms with Crippen LogP contribution in [0.1, 0.15) is 61.8 Å². The molecule has 4 rings (SSSR count). The molecule has 0 radical (unpaired) electrons. The lowest BCUT2D eigenvalue weighted by Gasteiger charge is -2.32. The van der Waals surface area contributed by atoms with Gasteiger partial charge in [-0.05, 0) is 77.4 Å². The molecule has 0 amide bonds. The van der Waals surface area contributed by atoms with Crippen molar-refractivity contribution >= 4 is 28.0 Å². The second kappa shape index (κ2) is 8.33. The highest BCUT2D eigenvalue weighted by molar-refractivity contribution is 7.19. The summed E-state index contributed by atoms with van der Waals surface area (Å²) in [4.78, 5) is 24.4. The van der Waals surface area contributed by atoms with E-state index < -0.39 is 0 Å². The van der Waals surface area contributed by atoms with Crippen molar-refractivity contribution in [1.82, 2.24) is 14.9 Å². The van der Waals surface area contributed by atoms with Crippen LogP contribution >= 0.6 is 11.3 Å². The van der Waals surface area contributed by atoms with Gasteiger partial charge < -0.3 is 14.4 Å². The smallest absolute Gasteiger partial charge is 0.293 e. The zero-order chi connectivity index (χ0) is 19.7. The van der Waals surface area contributed by atoms with Crippen molar-refractivity contribution in [2.75, 3.05) is 14.1 Å². The summed E-state index contributed by atoms with van der Waals surface area (Å²) in [6.45, 7) is 2.51. The average molecular weight is 404 g/mol. The zero-order valence-electron chi connectivity index (χ0n) is 16.9. The van der Waals surface area contributed by atoms with Crippen LogP contribution in [0.3, 0.4) is 0 Å². The van der Waals surface area contributed by atoms with Crippen LogP contribution in [0.15, 0.2) is 6.33 Å². The molecule has 2 aromatic rings. The fraction of sp³-hybridized carbons (Fsp3) is 0.667. The summed E-state index contributed by atoms with van der Waals surface area (Å²) < 4.78 is 11.6. The molecule has 2 aliphatic rings. The SMILES string of the molecule is C[C@H](C[C@H]1CCc2sc3ncnc(OC4CCC(N(C)C)CC4)c3c21)OC=O. The fourth-order valence-corrected chi connectivity index (χ4v) is 5.99. The summed E-state index contributed by atoms with van der Waals surface area (Å²) in [5.74, 6) is 1.11. The lowest BCUT2D eigenvalue weighted by atomic mass is 9.92. The molecule has 2 atom stereocenters. The minimum Gasteiger partial charge on any atom is -0.474 e. The molecule has 1 saturated carbocycles. The highest BCUT2D eigenvalue weighted by Gasteiger charge is 2.32. The van der Waals surface area contributed by atoms with Crippen molar-refractivity contribution in [2.45, 2.75) is 76.0 Å². The van der Waals surface area contributed by atoms with E-state index in [4.69, 9.17) is 9.47 Å². The Bertz CT molecular complexity index is 830. The van der Waals surface area contributed by atoms with Crippen molar-refractivity contribution in [3.63, 3.8) is 0 Å². The van der Waals surface area contributed by atoms with Gasteiger partial charge in [-0.25, -0.2) is 9.97 Å². The number of rotatable bonds is 7. The Kier molecular flexibility index (Phi) is 5.83. The van der Waals surface area contributed by atoms with Crippen LogP contribution in [0.5, 0.6) is 5.88 Å². The summed E-state index contributed by atoms with van der Waals surface area (Å²) in [5, 5.41) is 1.10. The van der Waals surface area contributed by atoms with Gasteiger partial charge in [-0.1, -0.05) is 0 Å². The quantitative estimate of drug-likeness (QED) is 0.653. The van der Waals surface area contributed by atoms with E-state index in [0.717, 1.165) is 61.0 Å². The number of ether oxygens (including phenoxy) is 2. The van der Waals surface area contributed by atoms with Crippen LogP contribution < -0.4 is 4.74 Å². The minimum atomic E-state index is -0.0845. The van der Waals surface area contributed by atoms with E-state index in [9.17, 15) is 4.79 Å². The number of hydrogen-bond donors (Lipinski definition) is 0.